The Morgan fingerprint density at radius 3 is 2.63 bits per heavy atom. The first-order valence-electron chi connectivity index (χ1n) is 6.51. The lowest BCUT2D eigenvalue weighted by atomic mass is 10.1. The number of nitrogens with zero attached hydrogens (tertiary/aromatic N) is 1. The molecule has 2 N–H and O–H groups in total. The standard InChI is InChI=1S/C16H20N2O/c1-17-16-6-4-14(5-7-16)2-3-15-8-10-18(11-9-15)12-13-19/h2-10,17,19H,11-13H2,1H3/b3-2+. The molecule has 100 valence electrons. The average molecular weight is 256 g/mol. The van der Waals surface area contributed by atoms with Crippen LogP contribution in [-0.4, -0.2) is 36.8 Å². The average Bonchev–Trinajstić information content (AvgIpc) is 2.47. The number of hydrogen-bond acceptors (Lipinski definition) is 3. The lowest BCUT2D eigenvalue weighted by Crippen LogP contribution is -2.23. The van der Waals surface area contributed by atoms with Gasteiger partial charge in [0.05, 0.1) is 6.61 Å². The van der Waals surface area contributed by atoms with Crippen molar-refractivity contribution in [3.8, 4) is 0 Å². The van der Waals surface area contributed by atoms with Gasteiger partial charge in [-0.3, -0.25) is 0 Å². The summed E-state index contributed by atoms with van der Waals surface area (Å²) >= 11 is 0. The molecule has 0 fully saturated rings. The van der Waals surface area contributed by atoms with Crippen LogP contribution in [0.3, 0.4) is 0 Å². The molecular weight excluding hydrogens is 236 g/mol. The first kappa shape index (κ1) is 13.4. The molecule has 0 aliphatic carbocycles. The molecule has 0 saturated heterocycles. The minimum absolute atomic E-state index is 0.196. The Bertz CT molecular complexity index is 486. The molecule has 2 rings (SSSR count). The quantitative estimate of drug-likeness (QED) is 0.849. The predicted molar refractivity (Wildman–Crippen MR) is 80.9 cm³/mol. The largest absolute Gasteiger partial charge is 0.395 e. The van der Waals surface area contributed by atoms with Gasteiger partial charge in [-0.05, 0) is 29.3 Å². The van der Waals surface area contributed by atoms with Crippen molar-refractivity contribution in [2.75, 3.05) is 32.1 Å². The van der Waals surface area contributed by atoms with E-state index in [2.05, 4.69) is 58.8 Å². The van der Waals surface area contributed by atoms with E-state index in [9.17, 15) is 0 Å². The van der Waals surface area contributed by atoms with Crippen molar-refractivity contribution >= 4 is 11.8 Å². The van der Waals surface area contributed by atoms with Crippen molar-refractivity contribution < 1.29 is 5.11 Å². The van der Waals surface area contributed by atoms with Crippen LogP contribution in [0.4, 0.5) is 5.69 Å². The SMILES string of the molecule is CNc1ccc(/C=C/C2=CCN(CCO)C=C2)cc1. The second-order valence-corrected chi connectivity index (χ2v) is 4.44. The van der Waals surface area contributed by atoms with Gasteiger partial charge in [0.25, 0.3) is 0 Å². The van der Waals surface area contributed by atoms with Crippen molar-refractivity contribution in [2.24, 2.45) is 0 Å². The number of rotatable bonds is 5. The van der Waals surface area contributed by atoms with Gasteiger partial charge >= 0.3 is 0 Å². The fourth-order valence-electron chi connectivity index (χ4n) is 1.91. The third-order valence-electron chi connectivity index (χ3n) is 3.09. The Morgan fingerprint density at radius 2 is 2.05 bits per heavy atom. The third kappa shape index (κ3) is 4.00. The number of aliphatic hydroxyl groups is 1. The van der Waals surface area contributed by atoms with Gasteiger partial charge in [0.1, 0.15) is 0 Å². The summed E-state index contributed by atoms with van der Waals surface area (Å²) in [5.41, 5.74) is 3.51. The maximum atomic E-state index is 8.86. The van der Waals surface area contributed by atoms with E-state index in [1.807, 2.05) is 13.2 Å². The van der Waals surface area contributed by atoms with Crippen molar-refractivity contribution in [1.82, 2.24) is 4.90 Å². The van der Waals surface area contributed by atoms with Gasteiger partial charge in [-0.15, -0.1) is 0 Å². The van der Waals surface area contributed by atoms with E-state index >= 15 is 0 Å². The maximum Gasteiger partial charge on any atom is 0.0606 e. The van der Waals surface area contributed by atoms with Crippen LogP contribution < -0.4 is 5.32 Å². The highest BCUT2D eigenvalue weighted by Gasteiger charge is 2.01. The summed E-state index contributed by atoms with van der Waals surface area (Å²) in [5.74, 6) is 0. The molecule has 0 amide bonds. The lowest BCUT2D eigenvalue weighted by molar-refractivity contribution is 0.244. The Balaban J connectivity index is 1.94. The molecule has 0 aromatic heterocycles. The molecule has 0 atom stereocenters. The van der Waals surface area contributed by atoms with E-state index in [1.165, 1.54) is 11.1 Å². The number of aliphatic hydroxyl groups excluding tert-OH is 1. The first-order chi connectivity index (χ1) is 9.31. The summed E-state index contributed by atoms with van der Waals surface area (Å²) in [7, 11) is 1.92. The lowest BCUT2D eigenvalue weighted by Gasteiger charge is -2.20. The number of hydrogen-bond donors (Lipinski definition) is 2. The smallest absolute Gasteiger partial charge is 0.0606 e. The summed E-state index contributed by atoms with van der Waals surface area (Å²) in [6, 6.07) is 8.31. The van der Waals surface area contributed by atoms with Crippen molar-refractivity contribution in [3.05, 3.63) is 59.8 Å². The second-order valence-electron chi connectivity index (χ2n) is 4.44. The topological polar surface area (TPSA) is 35.5 Å². The van der Waals surface area contributed by atoms with Crippen LogP contribution in [0.5, 0.6) is 0 Å². The molecule has 0 saturated carbocycles. The van der Waals surface area contributed by atoms with Crippen LogP contribution in [0, 0.1) is 0 Å². The van der Waals surface area contributed by atoms with Crippen LogP contribution >= 0.6 is 0 Å². The fraction of sp³-hybridized carbons (Fsp3) is 0.250. The molecule has 1 aromatic rings. The molecular formula is C16H20N2O. The molecule has 1 aromatic carbocycles. The number of nitrogens with one attached hydrogen (secondary N) is 1. The minimum atomic E-state index is 0.196. The zero-order chi connectivity index (χ0) is 13.5. The van der Waals surface area contributed by atoms with E-state index in [4.69, 9.17) is 5.11 Å². The van der Waals surface area contributed by atoms with Crippen LogP contribution in [0.2, 0.25) is 0 Å². The van der Waals surface area contributed by atoms with Gasteiger partial charge < -0.3 is 15.3 Å². The molecule has 0 radical (unpaired) electrons. The highest BCUT2D eigenvalue weighted by atomic mass is 16.3. The number of β-amino-alcohol motifs (C(OH)–C–C–N with tert-alkyl or cyclic N) is 1. The molecule has 3 nitrogen and oxygen atoms in total. The van der Waals surface area contributed by atoms with Crippen molar-refractivity contribution in [3.63, 3.8) is 0 Å². The molecule has 0 bridgehead atoms. The van der Waals surface area contributed by atoms with Gasteiger partial charge in [-0.25, -0.2) is 0 Å². The van der Waals surface area contributed by atoms with E-state index in [1.54, 1.807) is 0 Å². The Morgan fingerprint density at radius 1 is 1.26 bits per heavy atom. The number of anilines is 1. The summed E-state index contributed by atoms with van der Waals surface area (Å²) in [6.07, 6.45) is 10.5. The highest BCUT2D eigenvalue weighted by molar-refractivity contribution is 5.58. The number of benzene rings is 1. The first-order valence-corrected chi connectivity index (χ1v) is 6.51. The summed E-state index contributed by atoms with van der Waals surface area (Å²) in [6.45, 7) is 1.74. The zero-order valence-electron chi connectivity index (χ0n) is 11.2. The molecule has 1 heterocycles. The Labute approximate surface area is 114 Å². The second kappa shape index (κ2) is 6.81. The monoisotopic (exact) mass is 256 g/mol. The van der Waals surface area contributed by atoms with E-state index in [0.29, 0.717) is 6.54 Å². The zero-order valence-corrected chi connectivity index (χ0v) is 11.2. The Hall–Kier alpha value is -2.00. The van der Waals surface area contributed by atoms with Crippen molar-refractivity contribution in [2.45, 2.75) is 0 Å². The van der Waals surface area contributed by atoms with E-state index in [-0.39, 0.29) is 6.61 Å². The molecule has 1 aliphatic rings. The van der Waals surface area contributed by atoms with Crippen LogP contribution in [0.1, 0.15) is 5.56 Å². The van der Waals surface area contributed by atoms with Gasteiger partial charge in [0, 0.05) is 32.0 Å². The summed E-state index contributed by atoms with van der Waals surface area (Å²) in [5, 5.41) is 12.0. The molecule has 0 unspecified atom stereocenters. The van der Waals surface area contributed by atoms with Crippen LogP contribution in [0.15, 0.2) is 54.3 Å². The normalized spacial score (nSPS) is 14.8. The van der Waals surface area contributed by atoms with E-state index < -0.39 is 0 Å². The molecule has 19 heavy (non-hydrogen) atoms. The summed E-state index contributed by atoms with van der Waals surface area (Å²) < 4.78 is 0. The van der Waals surface area contributed by atoms with Gasteiger partial charge in [-0.1, -0.05) is 30.4 Å². The van der Waals surface area contributed by atoms with Gasteiger partial charge in [-0.2, -0.15) is 0 Å². The van der Waals surface area contributed by atoms with Crippen LogP contribution in [-0.2, 0) is 0 Å². The van der Waals surface area contributed by atoms with Crippen LogP contribution in [0.25, 0.3) is 6.08 Å². The highest BCUT2D eigenvalue weighted by Crippen LogP contribution is 2.13. The molecule has 1 aliphatic heterocycles. The van der Waals surface area contributed by atoms with E-state index in [0.717, 1.165) is 12.2 Å². The van der Waals surface area contributed by atoms with Gasteiger partial charge in [0.15, 0.2) is 0 Å². The predicted octanol–water partition coefficient (Wildman–Crippen LogP) is 2.49. The number of allylic oxidation sites excluding steroid dienone is 3. The summed E-state index contributed by atoms with van der Waals surface area (Å²) in [4.78, 5) is 2.08. The Kier molecular flexibility index (Phi) is 4.81. The van der Waals surface area contributed by atoms with Gasteiger partial charge in [0.2, 0.25) is 0 Å². The molecule has 3 heteroatoms. The third-order valence-corrected chi connectivity index (χ3v) is 3.09. The van der Waals surface area contributed by atoms with Crippen molar-refractivity contribution in [1.29, 1.82) is 0 Å². The molecule has 0 spiro atoms. The fourth-order valence-corrected chi connectivity index (χ4v) is 1.91. The maximum absolute atomic E-state index is 8.86. The minimum Gasteiger partial charge on any atom is -0.395 e.